The number of nitrogens with zero attached hydrogens (tertiary/aromatic N) is 6. The fourth-order valence-corrected chi connectivity index (χ4v) is 4.02. The maximum absolute atomic E-state index is 12.9. The van der Waals surface area contributed by atoms with Gasteiger partial charge in [0, 0.05) is 19.3 Å². The first kappa shape index (κ1) is 15.5. The quantitative estimate of drug-likeness (QED) is 0.533. The summed E-state index contributed by atoms with van der Waals surface area (Å²) >= 11 is 7.62. The molecule has 1 aliphatic heterocycles. The molecule has 0 aliphatic carbocycles. The van der Waals surface area contributed by atoms with Gasteiger partial charge in [0.25, 0.3) is 5.91 Å². The number of amides is 1. The van der Waals surface area contributed by atoms with E-state index in [1.807, 2.05) is 23.6 Å². The number of aromatic nitrogens is 5. The minimum atomic E-state index is -0.114. The van der Waals surface area contributed by atoms with Crippen LogP contribution in [0.5, 0.6) is 0 Å². The van der Waals surface area contributed by atoms with E-state index in [-0.39, 0.29) is 5.91 Å². The Kier molecular flexibility index (Phi) is 3.54. The Balaban J connectivity index is 1.42. The average molecular weight is 385 g/mol. The van der Waals surface area contributed by atoms with Gasteiger partial charge in [0.1, 0.15) is 0 Å². The molecule has 0 radical (unpaired) electrons. The Labute approximate surface area is 157 Å². The molecule has 0 aromatic carbocycles. The van der Waals surface area contributed by atoms with Crippen molar-refractivity contribution in [2.24, 2.45) is 0 Å². The number of carbonyl (C=O) groups excluding carboxylic acids is 1. The molecule has 0 unspecified atom stereocenters. The van der Waals surface area contributed by atoms with E-state index in [2.05, 4.69) is 19.9 Å². The largest absolute Gasteiger partial charge is 0.328 e. The molecule has 0 bridgehead atoms. The van der Waals surface area contributed by atoms with Gasteiger partial charge in [0.15, 0.2) is 17.3 Å². The molecule has 5 rings (SSSR count). The second-order valence-electron chi connectivity index (χ2n) is 6.04. The third-order valence-electron chi connectivity index (χ3n) is 4.42. The normalized spacial score (nSPS) is 14.0. The molecular weight excluding hydrogens is 372 g/mol. The first-order valence-electron chi connectivity index (χ1n) is 8.09. The predicted molar refractivity (Wildman–Crippen MR) is 98.3 cm³/mol. The van der Waals surface area contributed by atoms with Crippen molar-refractivity contribution in [2.75, 3.05) is 6.54 Å². The number of hydrogen-bond acceptors (Lipinski definition) is 5. The van der Waals surface area contributed by atoms with E-state index in [0.29, 0.717) is 30.4 Å². The van der Waals surface area contributed by atoms with E-state index in [1.165, 1.54) is 0 Å². The zero-order valence-electron chi connectivity index (χ0n) is 13.5. The predicted octanol–water partition coefficient (Wildman–Crippen LogP) is 2.96. The molecule has 4 aromatic heterocycles. The zero-order chi connectivity index (χ0) is 17.7. The van der Waals surface area contributed by atoms with Crippen molar-refractivity contribution in [2.45, 2.75) is 13.1 Å². The van der Waals surface area contributed by atoms with Crippen LogP contribution in [-0.4, -0.2) is 41.7 Å². The minimum Gasteiger partial charge on any atom is -0.328 e. The molecule has 1 amide bonds. The second kappa shape index (κ2) is 5.93. The average Bonchev–Trinajstić information content (AvgIpc) is 3.38. The van der Waals surface area contributed by atoms with Crippen LogP contribution in [0.4, 0.5) is 0 Å². The summed E-state index contributed by atoms with van der Waals surface area (Å²) in [5.41, 5.74) is 1.23. The summed E-state index contributed by atoms with van der Waals surface area (Å²) in [6.07, 6.45) is 1.69. The van der Waals surface area contributed by atoms with Gasteiger partial charge in [0.05, 0.1) is 22.0 Å². The van der Waals surface area contributed by atoms with Crippen LogP contribution in [0.15, 0.2) is 41.9 Å². The third-order valence-corrected chi connectivity index (χ3v) is 5.51. The lowest BCUT2D eigenvalue weighted by Crippen LogP contribution is -2.38. The number of pyridine rings is 1. The molecule has 130 valence electrons. The van der Waals surface area contributed by atoms with Gasteiger partial charge in [-0.15, -0.1) is 21.5 Å². The minimum absolute atomic E-state index is 0.114. The molecule has 1 aliphatic rings. The summed E-state index contributed by atoms with van der Waals surface area (Å²) in [6, 6.07) is 9.42. The number of fused-ring (bicyclic) bond motifs is 2. The van der Waals surface area contributed by atoms with Crippen LogP contribution >= 0.6 is 22.9 Å². The Hall–Kier alpha value is -2.71. The number of rotatable bonds is 2. The maximum atomic E-state index is 12.9. The van der Waals surface area contributed by atoms with Crippen molar-refractivity contribution in [1.29, 1.82) is 0 Å². The van der Waals surface area contributed by atoms with Crippen LogP contribution in [-0.2, 0) is 13.1 Å². The molecule has 7 nitrogen and oxygen atoms in total. The lowest BCUT2D eigenvalue weighted by molar-refractivity contribution is 0.0701. The van der Waals surface area contributed by atoms with Crippen molar-refractivity contribution >= 4 is 34.4 Å². The lowest BCUT2D eigenvalue weighted by atomic mass is 10.3. The van der Waals surface area contributed by atoms with Crippen molar-refractivity contribution in [3.05, 3.63) is 58.4 Å². The number of thiophene rings is 1. The number of halogens is 1. The smallest absolute Gasteiger partial charge is 0.274 e. The third kappa shape index (κ3) is 2.49. The molecule has 0 atom stereocenters. The van der Waals surface area contributed by atoms with Crippen LogP contribution in [0, 0.1) is 0 Å². The highest BCUT2D eigenvalue weighted by molar-refractivity contribution is 7.13. The molecule has 0 saturated carbocycles. The summed E-state index contributed by atoms with van der Waals surface area (Å²) in [6.45, 7) is 1.68. The van der Waals surface area contributed by atoms with Crippen LogP contribution in [0.3, 0.4) is 0 Å². The summed E-state index contributed by atoms with van der Waals surface area (Å²) < 4.78 is 3.70. The molecular formula is C17H13ClN6OS. The Morgan fingerprint density at radius 1 is 1.19 bits per heavy atom. The Morgan fingerprint density at radius 2 is 2.12 bits per heavy atom. The number of carbonyl (C=O) groups is 1. The van der Waals surface area contributed by atoms with Crippen LogP contribution in [0.2, 0.25) is 5.02 Å². The van der Waals surface area contributed by atoms with Crippen LogP contribution in [0.25, 0.3) is 16.2 Å². The van der Waals surface area contributed by atoms with Gasteiger partial charge in [-0.05, 0) is 29.6 Å². The highest BCUT2D eigenvalue weighted by Gasteiger charge is 2.27. The van der Waals surface area contributed by atoms with Gasteiger partial charge in [-0.2, -0.15) is 5.10 Å². The van der Waals surface area contributed by atoms with E-state index in [9.17, 15) is 4.79 Å². The molecule has 0 spiro atoms. The van der Waals surface area contributed by atoms with Gasteiger partial charge in [0.2, 0.25) is 0 Å². The molecule has 0 fully saturated rings. The molecule has 0 saturated heterocycles. The fourth-order valence-electron chi connectivity index (χ4n) is 3.15. The van der Waals surface area contributed by atoms with E-state index in [1.54, 1.807) is 39.1 Å². The van der Waals surface area contributed by atoms with E-state index >= 15 is 0 Å². The van der Waals surface area contributed by atoms with Crippen LogP contribution in [0.1, 0.15) is 16.3 Å². The molecule has 4 aromatic rings. The monoisotopic (exact) mass is 384 g/mol. The zero-order valence-corrected chi connectivity index (χ0v) is 15.1. The first-order valence-corrected chi connectivity index (χ1v) is 9.35. The summed E-state index contributed by atoms with van der Waals surface area (Å²) in [7, 11) is 0. The summed E-state index contributed by atoms with van der Waals surface area (Å²) in [5, 5.41) is 15.5. The van der Waals surface area contributed by atoms with Crippen molar-refractivity contribution in [3.8, 4) is 10.7 Å². The topological polar surface area (TPSA) is 68.3 Å². The molecule has 9 heteroatoms. The van der Waals surface area contributed by atoms with E-state index in [4.69, 9.17) is 11.6 Å². The maximum Gasteiger partial charge on any atom is 0.274 e. The van der Waals surface area contributed by atoms with Crippen molar-refractivity contribution < 1.29 is 4.79 Å². The first-order chi connectivity index (χ1) is 12.7. The van der Waals surface area contributed by atoms with Gasteiger partial charge >= 0.3 is 0 Å². The van der Waals surface area contributed by atoms with E-state index in [0.717, 1.165) is 22.0 Å². The van der Waals surface area contributed by atoms with Gasteiger partial charge < -0.3 is 9.47 Å². The highest BCUT2D eigenvalue weighted by Crippen LogP contribution is 2.26. The lowest BCUT2D eigenvalue weighted by Gasteiger charge is -2.27. The summed E-state index contributed by atoms with van der Waals surface area (Å²) in [4.78, 5) is 15.7. The summed E-state index contributed by atoms with van der Waals surface area (Å²) in [5.74, 6) is 1.54. The van der Waals surface area contributed by atoms with Gasteiger partial charge in [-0.3, -0.25) is 4.79 Å². The molecule has 26 heavy (non-hydrogen) atoms. The SMILES string of the molecule is O=C(c1cc2ccc(Cl)cn2n1)N1CCn2c(nnc2-c2cccs2)C1. The second-order valence-corrected chi connectivity index (χ2v) is 7.43. The Bertz CT molecular complexity index is 1120. The molecule has 5 heterocycles. The van der Waals surface area contributed by atoms with Gasteiger partial charge in [-0.25, -0.2) is 4.52 Å². The van der Waals surface area contributed by atoms with Crippen molar-refractivity contribution in [1.82, 2.24) is 29.3 Å². The Morgan fingerprint density at radius 3 is 2.96 bits per heavy atom. The highest BCUT2D eigenvalue weighted by atomic mass is 35.5. The number of hydrogen-bond donors (Lipinski definition) is 0. The fraction of sp³-hybridized carbons (Fsp3) is 0.176. The molecule has 0 N–H and O–H groups in total. The van der Waals surface area contributed by atoms with Gasteiger partial charge in [-0.1, -0.05) is 17.7 Å². The van der Waals surface area contributed by atoms with Crippen molar-refractivity contribution in [3.63, 3.8) is 0 Å². The van der Waals surface area contributed by atoms with E-state index < -0.39 is 0 Å². The van der Waals surface area contributed by atoms with Crippen LogP contribution < -0.4 is 0 Å². The standard InChI is InChI=1S/C17H13ClN6OS/c18-11-3-4-12-8-13(21-24(12)9-11)17(25)22-5-6-23-15(10-22)19-20-16(23)14-2-1-7-26-14/h1-4,7-9H,5-6,10H2.